The Morgan fingerprint density at radius 2 is 2.05 bits per heavy atom. The molecule has 2 fully saturated rings. The second-order valence-corrected chi connectivity index (χ2v) is 5.85. The number of carbonyl (C=O) groups excluding carboxylic acids is 1. The van der Waals surface area contributed by atoms with E-state index >= 15 is 0 Å². The Hall–Kier alpha value is -1.55. The van der Waals surface area contributed by atoms with Crippen LogP contribution in [0.4, 0.5) is 0 Å². The number of nitrogens with one attached hydrogen (secondary N) is 2. The number of carbonyl (C=O) groups is 1. The Morgan fingerprint density at radius 3 is 2.75 bits per heavy atom. The third-order valence-corrected chi connectivity index (χ3v) is 3.68. The Labute approximate surface area is 119 Å². The quantitative estimate of drug-likeness (QED) is 0.799. The summed E-state index contributed by atoms with van der Waals surface area (Å²) in [5, 5.41) is 6.44. The predicted octanol–water partition coefficient (Wildman–Crippen LogP) is 1.98. The monoisotopic (exact) mass is 274 g/mol. The van der Waals surface area contributed by atoms with E-state index in [1.165, 1.54) is 18.4 Å². The molecule has 0 saturated heterocycles. The summed E-state index contributed by atoms with van der Waals surface area (Å²) in [6, 6.07) is 9.05. The standard InChI is InChI=1S/C16H22N2O2/c1-11(16(19)18-14-7-8-14)20-15-4-2-3-12(9-15)10-17-13-5-6-13/h2-4,9,11,13-14,17H,5-8,10H2,1H3,(H,18,19). The number of ether oxygens (including phenoxy) is 1. The van der Waals surface area contributed by atoms with Crippen molar-refractivity contribution in [1.29, 1.82) is 0 Å². The van der Waals surface area contributed by atoms with Gasteiger partial charge in [-0.05, 0) is 50.3 Å². The van der Waals surface area contributed by atoms with Crippen LogP contribution in [-0.4, -0.2) is 24.1 Å². The highest BCUT2D eigenvalue weighted by Gasteiger charge is 2.26. The van der Waals surface area contributed by atoms with E-state index in [4.69, 9.17) is 4.74 Å². The molecule has 0 spiro atoms. The van der Waals surface area contributed by atoms with Gasteiger partial charge in [0.2, 0.25) is 0 Å². The minimum atomic E-state index is -0.442. The van der Waals surface area contributed by atoms with Gasteiger partial charge in [-0.1, -0.05) is 12.1 Å². The van der Waals surface area contributed by atoms with E-state index in [-0.39, 0.29) is 5.91 Å². The highest BCUT2D eigenvalue weighted by molar-refractivity contribution is 5.81. The zero-order valence-electron chi connectivity index (χ0n) is 11.9. The number of amides is 1. The number of rotatable bonds is 7. The Morgan fingerprint density at radius 1 is 1.30 bits per heavy atom. The van der Waals surface area contributed by atoms with E-state index in [2.05, 4.69) is 16.7 Å². The van der Waals surface area contributed by atoms with Gasteiger partial charge in [-0.15, -0.1) is 0 Å². The lowest BCUT2D eigenvalue weighted by Gasteiger charge is -2.15. The number of hydrogen-bond acceptors (Lipinski definition) is 3. The molecular weight excluding hydrogens is 252 g/mol. The molecule has 1 atom stereocenters. The van der Waals surface area contributed by atoms with E-state index in [0.29, 0.717) is 12.1 Å². The van der Waals surface area contributed by atoms with Gasteiger partial charge in [-0.2, -0.15) is 0 Å². The molecule has 108 valence electrons. The minimum Gasteiger partial charge on any atom is -0.481 e. The molecule has 0 aliphatic heterocycles. The Bertz CT molecular complexity index is 481. The van der Waals surface area contributed by atoms with Crippen molar-refractivity contribution >= 4 is 5.91 Å². The van der Waals surface area contributed by atoms with Crippen molar-refractivity contribution in [2.75, 3.05) is 0 Å². The molecule has 1 amide bonds. The highest BCUT2D eigenvalue weighted by Crippen LogP contribution is 2.21. The summed E-state index contributed by atoms with van der Waals surface area (Å²) in [5.74, 6) is 0.743. The zero-order chi connectivity index (χ0) is 13.9. The molecule has 1 aromatic rings. The van der Waals surface area contributed by atoms with Crippen LogP contribution >= 0.6 is 0 Å². The first-order valence-electron chi connectivity index (χ1n) is 7.50. The van der Waals surface area contributed by atoms with Gasteiger partial charge in [0, 0.05) is 18.6 Å². The molecule has 1 unspecified atom stereocenters. The van der Waals surface area contributed by atoms with Crippen molar-refractivity contribution in [1.82, 2.24) is 10.6 Å². The molecular formula is C16H22N2O2. The summed E-state index contributed by atoms with van der Waals surface area (Å²) in [7, 11) is 0. The maximum absolute atomic E-state index is 11.9. The van der Waals surface area contributed by atoms with Crippen LogP contribution in [0.1, 0.15) is 38.2 Å². The minimum absolute atomic E-state index is 0.0194. The summed E-state index contributed by atoms with van der Waals surface area (Å²) >= 11 is 0. The lowest BCUT2D eigenvalue weighted by atomic mass is 10.2. The van der Waals surface area contributed by atoms with E-state index in [9.17, 15) is 4.79 Å². The third-order valence-electron chi connectivity index (χ3n) is 3.68. The molecule has 20 heavy (non-hydrogen) atoms. The van der Waals surface area contributed by atoms with Crippen LogP contribution in [0.15, 0.2) is 24.3 Å². The molecule has 2 aliphatic carbocycles. The average Bonchev–Trinajstić information content (AvgIpc) is 3.32. The van der Waals surface area contributed by atoms with Crippen LogP contribution in [0.5, 0.6) is 5.75 Å². The Kier molecular flexibility index (Phi) is 3.92. The van der Waals surface area contributed by atoms with E-state index < -0.39 is 6.10 Å². The zero-order valence-corrected chi connectivity index (χ0v) is 11.9. The average molecular weight is 274 g/mol. The largest absolute Gasteiger partial charge is 0.481 e. The summed E-state index contributed by atoms with van der Waals surface area (Å²) in [4.78, 5) is 11.9. The second kappa shape index (κ2) is 5.83. The third kappa shape index (κ3) is 3.97. The molecule has 4 heteroatoms. The van der Waals surface area contributed by atoms with E-state index in [1.807, 2.05) is 18.2 Å². The fraction of sp³-hybridized carbons (Fsp3) is 0.562. The molecule has 0 radical (unpaired) electrons. The van der Waals surface area contributed by atoms with Crippen LogP contribution in [0.25, 0.3) is 0 Å². The summed E-state index contributed by atoms with van der Waals surface area (Å²) in [6.45, 7) is 2.66. The maximum Gasteiger partial charge on any atom is 0.260 e. The highest BCUT2D eigenvalue weighted by atomic mass is 16.5. The maximum atomic E-state index is 11.9. The van der Waals surface area contributed by atoms with E-state index in [0.717, 1.165) is 25.1 Å². The van der Waals surface area contributed by atoms with Crippen molar-refractivity contribution in [3.05, 3.63) is 29.8 Å². The molecule has 0 aromatic heterocycles. The fourth-order valence-electron chi connectivity index (χ4n) is 2.08. The van der Waals surface area contributed by atoms with Gasteiger partial charge < -0.3 is 15.4 Å². The van der Waals surface area contributed by atoms with Crippen LogP contribution in [0.2, 0.25) is 0 Å². The Balaban J connectivity index is 1.52. The first-order valence-corrected chi connectivity index (χ1v) is 7.50. The van der Waals surface area contributed by atoms with Gasteiger partial charge in [-0.25, -0.2) is 0 Å². The molecule has 0 bridgehead atoms. The molecule has 0 heterocycles. The van der Waals surface area contributed by atoms with Crippen molar-refractivity contribution in [3.63, 3.8) is 0 Å². The predicted molar refractivity (Wildman–Crippen MR) is 77.6 cm³/mol. The lowest BCUT2D eigenvalue weighted by Crippen LogP contribution is -2.37. The van der Waals surface area contributed by atoms with Crippen molar-refractivity contribution in [2.24, 2.45) is 0 Å². The van der Waals surface area contributed by atoms with Gasteiger partial charge in [0.25, 0.3) is 5.91 Å². The van der Waals surface area contributed by atoms with Crippen molar-refractivity contribution in [2.45, 2.75) is 57.3 Å². The van der Waals surface area contributed by atoms with Crippen molar-refractivity contribution in [3.8, 4) is 5.75 Å². The lowest BCUT2D eigenvalue weighted by molar-refractivity contribution is -0.127. The van der Waals surface area contributed by atoms with Gasteiger partial charge in [0.1, 0.15) is 5.75 Å². The van der Waals surface area contributed by atoms with Gasteiger partial charge in [0.05, 0.1) is 0 Å². The normalized spacial score (nSPS) is 19.4. The van der Waals surface area contributed by atoms with Crippen LogP contribution in [0.3, 0.4) is 0 Å². The molecule has 1 aromatic carbocycles. The molecule has 3 rings (SSSR count). The van der Waals surface area contributed by atoms with Gasteiger partial charge >= 0.3 is 0 Å². The molecule has 2 saturated carbocycles. The van der Waals surface area contributed by atoms with E-state index in [1.54, 1.807) is 6.92 Å². The van der Waals surface area contributed by atoms with Crippen LogP contribution in [0, 0.1) is 0 Å². The van der Waals surface area contributed by atoms with Crippen molar-refractivity contribution < 1.29 is 9.53 Å². The summed E-state index contributed by atoms with van der Waals surface area (Å²) in [6.07, 6.45) is 4.33. The summed E-state index contributed by atoms with van der Waals surface area (Å²) in [5.41, 5.74) is 1.20. The molecule has 2 aliphatic rings. The number of benzene rings is 1. The van der Waals surface area contributed by atoms with Gasteiger partial charge in [0.15, 0.2) is 6.10 Å². The SMILES string of the molecule is CC(Oc1cccc(CNC2CC2)c1)C(=O)NC1CC1. The second-order valence-electron chi connectivity index (χ2n) is 5.85. The molecule has 4 nitrogen and oxygen atoms in total. The fourth-order valence-corrected chi connectivity index (χ4v) is 2.08. The van der Waals surface area contributed by atoms with Gasteiger partial charge in [-0.3, -0.25) is 4.79 Å². The first-order chi connectivity index (χ1) is 9.70. The van der Waals surface area contributed by atoms with Crippen LogP contribution < -0.4 is 15.4 Å². The number of hydrogen-bond donors (Lipinski definition) is 2. The smallest absolute Gasteiger partial charge is 0.260 e. The topological polar surface area (TPSA) is 50.4 Å². The van der Waals surface area contributed by atoms with Crippen LogP contribution in [-0.2, 0) is 11.3 Å². The summed E-state index contributed by atoms with van der Waals surface area (Å²) < 4.78 is 5.73. The first kappa shape index (κ1) is 13.4. The molecule has 2 N–H and O–H groups in total.